The number of alkyl halides is 1. The van der Waals surface area contributed by atoms with Crippen LogP contribution in [0.3, 0.4) is 0 Å². The summed E-state index contributed by atoms with van der Waals surface area (Å²) in [6.07, 6.45) is 7.97. The average molecular weight is 305 g/mol. The lowest BCUT2D eigenvalue weighted by Crippen LogP contribution is -2.24. The first kappa shape index (κ1) is 13.9. The summed E-state index contributed by atoms with van der Waals surface area (Å²) >= 11 is 6.76. The minimum absolute atomic E-state index is 0.0621. The SMILES string of the molecule is CC1(C)Cc2cc(C(Cl)CC3CC4CCC3C4)ccc2O1. The van der Waals surface area contributed by atoms with Gasteiger partial charge >= 0.3 is 0 Å². The maximum absolute atomic E-state index is 6.76. The average Bonchev–Trinajstić information content (AvgIpc) is 3.08. The number of halogens is 1. The second kappa shape index (κ2) is 4.91. The van der Waals surface area contributed by atoms with Crippen molar-refractivity contribution < 1.29 is 4.74 Å². The minimum atomic E-state index is -0.0621. The predicted molar refractivity (Wildman–Crippen MR) is 87.0 cm³/mol. The van der Waals surface area contributed by atoms with Crippen molar-refractivity contribution in [1.29, 1.82) is 0 Å². The fraction of sp³-hybridized carbons (Fsp3) is 0.684. The second-order valence-corrected chi connectivity index (χ2v) is 8.57. The predicted octanol–water partition coefficient (Wildman–Crippen LogP) is 5.51. The molecule has 2 saturated carbocycles. The van der Waals surface area contributed by atoms with Crippen molar-refractivity contribution in [2.75, 3.05) is 0 Å². The Morgan fingerprint density at radius 2 is 2.14 bits per heavy atom. The molecule has 0 amide bonds. The maximum Gasteiger partial charge on any atom is 0.123 e. The summed E-state index contributed by atoms with van der Waals surface area (Å²) in [5.74, 6) is 3.89. The molecular weight excluding hydrogens is 280 g/mol. The molecule has 1 aromatic rings. The third kappa shape index (κ3) is 2.59. The van der Waals surface area contributed by atoms with Crippen molar-refractivity contribution >= 4 is 11.6 Å². The van der Waals surface area contributed by atoms with Crippen molar-refractivity contribution in [2.24, 2.45) is 17.8 Å². The highest BCUT2D eigenvalue weighted by Crippen LogP contribution is 2.52. The molecule has 1 aromatic carbocycles. The van der Waals surface area contributed by atoms with Gasteiger partial charge in [0.2, 0.25) is 0 Å². The minimum Gasteiger partial charge on any atom is -0.487 e. The van der Waals surface area contributed by atoms with E-state index in [4.69, 9.17) is 16.3 Å². The lowest BCUT2D eigenvalue weighted by atomic mass is 9.84. The smallest absolute Gasteiger partial charge is 0.123 e. The molecule has 114 valence electrons. The zero-order valence-corrected chi connectivity index (χ0v) is 13.8. The monoisotopic (exact) mass is 304 g/mol. The van der Waals surface area contributed by atoms with E-state index in [1.807, 2.05) is 0 Å². The van der Waals surface area contributed by atoms with Gasteiger partial charge in [-0.1, -0.05) is 18.6 Å². The highest BCUT2D eigenvalue weighted by Gasteiger charge is 2.40. The quantitative estimate of drug-likeness (QED) is 0.669. The van der Waals surface area contributed by atoms with Crippen molar-refractivity contribution in [1.82, 2.24) is 0 Å². The Labute approximate surface area is 133 Å². The molecule has 0 radical (unpaired) electrons. The van der Waals surface area contributed by atoms with Gasteiger partial charge in [-0.15, -0.1) is 11.6 Å². The molecule has 21 heavy (non-hydrogen) atoms. The van der Waals surface area contributed by atoms with E-state index in [2.05, 4.69) is 32.0 Å². The van der Waals surface area contributed by atoms with Crippen LogP contribution in [-0.4, -0.2) is 5.60 Å². The Hall–Kier alpha value is -0.690. The molecule has 4 unspecified atom stereocenters. The number of hydrogen-bond donors (Lipinski definition) is 0. The van der Waals surface area contributed by atoms with Crippen molar-refractivity contribution in [3.63, 3.8) is 0 Å². The number of hydrogen-bond acceptors (Lipinski definition) is 1. The number of fused-ring (bicyclic) bond motifs is 3. The van der Waals surface area contributed by atoms with Gasteiger partial charge in [0.05, 0.1) is 5.38 Å². The lowest BCUT2D eigenvalue weighted by molar-refractivity contribution is 0.138. The number of ether oxygens (including phenoxy) is 1. The van der Waals surface area contributed by atoms with Gasteiger partial charge in [-0.05, 0) is 74.5 Å². The fourth-order valence-corrected chi connectivity index (χ4v) is 5.26. The Bertz CT molecular complexity index is 550. The molecule has 2 aliphatic carbocycles. The Morgan fingerprint density at radius 3 is 2.86 bits per heavy atom. The molecule has 2 heteroatoms. The van der Waals surface area contributed by atoms with Crippen LogP contribution < -0.4 is 4.74 Å². The zero-order valence-electron chi connectivity index (χ0n) is 13.1. The summed E-state index contributed by atoms with van der Waals surface area (Å²) in [6.45, 7) is 4.31. The largest absolute Gasteiger partial charge is 0.487 e. The zero-order chi connectivity index (χ0) is 14.6. The first-order valence-corrected chi connectivity index (χ1v) is 8.90. The summed E-state index contributed by atoms with van der Waals surface area (Å²) in [5, 5.41) is 0.170. The highest BCUT2D eigenvalue weighted by molar-refractivity contribution is 6.20. The molecule has 2 bridgehead atoms. The van der Waals surface area contributed by atoms with E-state index in [9.17, 15) is 0 Å². The topological polar surface area (TPSA) is 9.23 Å². The number of rotatable bonds is 3. The third-order valence-corrected chi connectivity index (χ3v) is 6.27. The van der Waals surface area contributed by atoms with Crippen molar-refractivity contribution in [3.8, 4) is 5.75 Å². The van der Waals surface area contributed by atoms with Gasteiger partial charge < -0.3 is 4.74 Å². The van der Waals surface area contributed by atoms with E-state index >= 15 is 0 Å². The second-order valence-electron chi connectivity index (χ2n) is 8.04. The molecule has 0 saturated heterocycles. The van der Waals surface area contributed by atoms with E-state index < -0.39 is 0 Å². The molecule has 1 nitrogen and oxygen atoms in total. The molecule has 0 aromatic heterocycles. The summed E-state index contributed by atoms with van der Waals surface area (Å²) in [7, 11) is 0. The van der Waals surface area contributed by atoms with Crippen LogP contribution in [0.4, 0.5) is 0 Å². The first-order valence-electron chi connectivity index (χ1n) is 8.46. The summed E-state index contributed by atoms with van der Waals surface area (Å²) < 4.78 is 5.96. The standard InChI is InChI=1S/C19H25ClO/c1-19(2)11-16-9-14(5-6-18(16)21-19)17(20)10-15-8-12-3-4-13(15)7-12/h5-6,9,12-13,15,17H,3-4,7-8,10-11H2,1-2H3. The Balaban J connectivity index is 1.47. The van der Waals surface area contributed by atoms with E-state index in [0.29, 0.717) is 0 Å². The van der Waals surface area contributed by atoms with Crippen LogP contribution in [0.15, 0.2) is 18.2 Å². The van der Waals surface area contributed by atoms with Crippen molar-refractivity contribution in [2.45, 2.75) is 63.4 Å². The summed E-state index contributed by atoms with van der Waals surface area (Å²) in [6, 6.07) is 6.58. The van der Waals surface area contributed by atoms with Gasteiger partial charge in [0.1, 0.15) is 11.4 Å². The van der Waals surface area contributed by atoms with Gasteiger partial charge in [0.25, 0.3) is 0 Å². The van der Waals surface area contributed by atoms with E-state index in [-0.39, 0.29) is 11.0 Å². The molecule has 1 aliphatic heterocycles. The molecular formula is C19H25ClO. The van der Waals surface area contributed by atoms with Crippen molar-refractivity contribution in [3.05, 3.63) is 29.3 Å². The van der Waals surface area contributed by atoms with Gasteiger partial charge in [-0.25, -0.2) is 0 Å². The van der Waals surface area contributed by atoms with E-state index in [1.165, 1.54) is 36.8 Å². The number of benzene rings is 1. The molecule has 1 heterocycles. The molecule has 4 atom stereocenters. The van der Waals surface area contributed by atoms with Gasteiger partial charge in [0.15, 0.2) is 0 Å². The normalized spacial score (nSPS) is 33.8. The van der Waals surface area contributed by atoms with Crippen LogP contribution in [0, 0.1) is 17.8 Å². The van der Waals surface area contributed by atoms with E-state index in [1.54, 1.807) is 0 Å². The first-order chi connectivity index (χ1) is 10.00. The lowest BCUT2D eigenvalue weighted by Gasteiger charge is -2.24. The van der Waals surface area contributed by atoms with Crippen LogP contribution in [0.2, 0.25) is 0 Å². The molecule has 0 N–H and O–H groups in total. The summed E-state index contributed by atoms with van der Waals surface area (Å²) in [4.78, 5) is 0. The van der Waals surface area contributed by atoms with Gasteiger partial charge in [0, 0.05) is 6.42 Å². The maximum atomic E-state index is 6.76. The highest BCUT2D eigenvalue weighted by atomic mass is 35.5. The molecule has 2 fully saturated rings. The fourth-order valence-electron chi connectivity index (χ4n) is 4.89. The van der Waals surface area contributed by atoms with Crippen LogP contribution in [0.25, 0.3) is 0 Å². The van der Waals surface area contributed by atoms with E-state index in [0.717, 1.165) is 36.3 Å². The summed E-state index contributed by atoms with van der Waals surface area (Å²) in [5.41, 5.74) is 2.56. The molecule has 4 rings (SSSR count). The van der Waals surface area contributed by atoms with Crippen LogP contribution >= 0.6 is 11.6 Å². The Morgan fingerprint density at radius 1 is 1.29 bits per heavy atom. The third-order valence-electron chi connectivity index (χ3n) is 5.84. The van der Waals surface area contributed by atoms with Crippen LogP contribution in [0.5, 0.6) is 5.75 Å². The molecule has 3 aliphatic rings. The van der Waals surface area contributed by atoms with Crippen LogP contribution in [0.1, 0.15) is 62.5 Å². The van der Waals surface area contributed by atoms with Gasteiger partial charge in [-0.2, -0.15) is 0 Å². The van der Waals surface area contributed by atoms with Gasteiger partial charge in [-0.3, -0.25) is 0 Å². The Kier molecular flexibility index (Phi) is 3.26. The van der Waals surface area contributed by atoms with Crippen LogP contribution in [-0.2, 0) is 6.42 Å². The molecule has 0 spiro atoms.